The predicted molar refractivity (Wildman–Crippen MR) is 221 cm³/mol. The molecule has 0 bridgehead atoms. The van der Waals surface area contributed by atoms with Gasteiger partial charge in [0.2, 0.25) is 23.5 Å². The number of halogens is 2. The van der Waals surface area contributed by atoms with E-state index in [4.69, 9.17) is 18.2 Å². The Bertz CT molecular complexity index is 2300. The molecule has 5 saturated heterocycles. The second-order valence-electron chi connectivity index (χ2n) is 17.0. The first-order chi connectivity index (χ1) is 28.9. The number of anilines is 3. The Morgan fingerprint density at radius 1 is 0.900 bits per heavy atom. The van der Waals surface area contributed by atoms with E-state index < -0.39 is 35.5 Å². The molecule has 312 valence electrons. The van der Waals surface area contributed by atoms with Crippen LogP contribution in [0.15, 0.2) is 42.7 Å². The van der Waals surface area contributed by atoms with Gasteiger partial charge in [-0.1, -0.05) is 17.7 Å². The van der Waals surface area contributed by atoms with E-state index in [1.807, 2.05) is 21.9 Å². The molecule has 1 unspecified atom stereocenters. The van der Waals surface area contributed by atoms with Crippen molar-refractivity contribution >= 4 is 64.1 Å². The van der Waals surface area contributed by atoms with Gasteiger partial charge in [0, 0.05) is 101 Å². The smallest absolute Gasteiger partial charge is 0.262 e. The Hall–Kier alpha value is -5.66. The number of benzene rings is 2. The molecule has 1 N–H and O–H groups in total. The fourth-order valence-corrected chi connectivity index (χ4v) is 10.5. The standard InChI is InChI=1S/C43H46ClFN10O5/c1-26-22-43(25-54(26)29-3-4-34(46-2)32(44)19-29)9-13-53(14-10-43)42-47-23-27(24-48-42)39(58)52-17-15-50(16-18-52)28-7-11-51(12-8-28)36-21-31-30(20-33(36)45)40(59)55(41(31)60)35-5-6-37(56)49-38(35)57/h3-4,19-21,23-24,26,28,35H,5-18,22,25H2,1H3,(H,49,56,57)/t26-,35?/m0/s1. The average molecular weight is 837 g/mol. The SMILES string of the molecule is [C-]#[N+]c1ccc(N2CC3(CCN(c4ncc(C(=O)N5CCN(C6CCN(c7cc8c(cc7F)C(=O)N(C7CCC(=O)NC7=O)C8=O)CC6)CC5)cn4)CC3)C[C@@H]2C)cc1Cl. The average Bonchev–Trinajstić information content (AvgIpc) is 3.70. The number of imide groups is 2. The molecule has 2 aromatic carbocycles. The second kappa shape index (κ2) is 15.7. The normalized spacial score (nSPS) is 23.7. The highest BCUT2D eigenvalue weighted by Gasteiger charge is 2.46. The molecule has 2 atom stereocenters. The van der Waals surface area contributed by atoms with Gasteiger partial charge >= 0.3 is 0 Å². The minimum absolute atomic E-state index is 0.00887. The topological polar surface area (TPSA) is 147 Å². The van der Waals surface area contributed by atoms with Crippen molar-refractivity contribution in [1.29, 1.82) is 0 Å². The number of carbonyl (C=O) groups excluding carboxylic acids is 5. The third-order valence-corrected chi connectivity index (χ3v) is 13.9. The predicted octanol–water partition coefficient (Wildman–Crippen LogP) is 4.53. The van der Waals surface area contributed by atoms with Crippen molar-refractivity contribution in [2.45, 2.75) is 70.0 Å². The van der Waals surface area contributed by atoms with Gasteiger partial charge < -0.3 is 19.6 Å². The highest BCUT2D eigenvalue weighted by Crippen LogP contribution is 2.46. The maximum absolute atomic E-state index is 15.5. The summed E-state index contributed by atoms with van der Waals surface area (Å²) in [6, 6.07) is 7.71. The summed E-state index contributed by atoms with van der Waals surface area (Å²) >= 11 is 6.37. The fraction of sp³-hybridized carbons (Fsp3) is 0.488. The molecule has 0 saturated carbocycles. The molecule has 5 fully saturated rings. The first kappa shape index (κ1) is 39.8. The molecule has 17 heteroatoms. The van der Waals surface area contributed by atoms with Crippen molar-refractivity contribution in [3.05, 3.63) is 81.7 Å². The van der Waals surface area contributed by atoms with Crippen LogP contribution in [0.5, 0.6) is 0 Å². The van der Waals surface area contributed by atoms with Gasteiger partial charge in [-0.25, -0.2) is 19.2 Å². The van der Waals surface area contributed by atoms with Crippen molar-refractivity contribution in [3.63, 3.8) is 0 Å². The van der Waals surface area contributed by atoms with E-state index >= 15 is 4.39 Å². The van der Waals surface area contributed by atoms with Crippen LogP contribution in [0, 0.1) is 17.8 Å². The Kier molecular flexibility index (Phi) is 10.4. The lowest BCUT2D eigenvalue weighted by molar-refractivity contribution is -0.136. The van der Waals surface area contributed by atoms with Crippen LogP contribution in [0.1, 0.15) is 82.9 Å². The quantitative estimate of drug-likeness (QED) is 0.276. The minimum Gasteiger partial charge on any atom is -0.369 e. The van der Waals surface area contributed by atoms with Crippen LogP contribution in [0.4, 0.5) is 27.4 Å². The van der Waals surface area contributed by atoms with Gasteiger partial charge in [-0.05, 0) is 75.1 Å². The molecule has 5 amide bonds. The monoisotopic (exact) mass is 836 g/mol. The summed E-state index contributed by atoms with van der Waals surface area (Å²) in [5, 5.41) is 2.66. The lowest BCUT2D eigenvalue weighted by Gasteiger charge is -2.43. The number of rotatable bonds is 6. The van der Waals surface area contributed by atoms with Gasteiger partial charge in [0.05, 0.1) is 28.9 Å². The lowest BCUT2D eigenvalue weighted by Crippen LogP contribution is -2.54. The number of nitrogens with zero attached hydrogens (tertiary/aromatic N) is 9. The van der Waals surface area contributed by atoms with Crippen LogP contribution in [-0.2, 0) is 9.59 Å². The number of piperazine rings is 1. The molecular formula is C43H46ClFN10O5. The molecule has 6 aliphatic rings. The van der Waals surface area contributed by atoms with Crippen LogP contribution < -0.4 is 20.0 Å². The largest absolute Gasteiger partial charge is 0.369 e. The maximum Gasteiger partial charge on any atom is 0.262 e. The van der Waals surface area contributed by atoms with Gasteiger partial charge in [0.25, 0.3) is 17.7 Å². The molecule has 9 rings (SSSR count). The fourth-order valence-electron chi connectivity index (χ4n) is 10.2. The number of hydrogen-bond donors (Lipinski definition) is 1. The molecule has 3 aromatic rings. The number of nitrogens with one attached hydrogen (secondary N) is 1. The van der Waals surface area contributed by atoms with Crippen molar-refractivity contribution in [1.82, 2.24) is 30.0 Å². The first-order valence-corrected chi connectivity index (χ1v) is 21.1. The number of carbonyl (C=O) groups is 5. The molecule has 6 aliphatic heterocycles. The summed E-state index contributed by atoms with van der Waals surface area (Å²) < 4.78 is 15.5. The van der Waals surface area contributed by atoms with E-state index in [1.54, 1.807) is 18.5 Å². The lowest BCUT2D eigenvalue weighted by atomic mass is 9.77. The number of amides is 5. The highest BCUT2D eigenvalue weighted by atomic mass is 35.5. The van der Waals surface area contributed by atoms with Crippen LogP contribution >= 0.6 is 11.6 Å². The molecule has 60 heavy (non-hydrogen) atoms. The molecule has 1 spiro atoms. The van der Waals surface area contributed by atoms with Crippen LogP contribution in [0.25, 0.3) is 4.85 Å². The van der Waals surface area contributed by atoms with E-state index in [1.165, 1.54) is 6.07 Å². The van der Waals surface area contributed by atoms with Crippen molar-refractivity contribution in [2.75, 3.05) is 73.6 Å². The maximum atomic E-state index is 15.5. The van der Waals surface area contributed by atoms with Crippen molar-refractivity contribution in [3.8, 4) is 0 Å². The zero-order valence-electron chi connectivity index (χ0n) is 33.4. The summed E-state index contributed by atoms with van der Waals surface area (Å²) in [5.41, 5.74) is 2.40. The second-order valence-corrected chi connectivity index (χ2v) is 17.4. The molecule has 7 heterocycles. The van der Waals surface area contributed by atoms with Crippen LogP contribution in [0.3, 0.4) is 0 Å². The van der Waals surface area contributed by atoms with Gasteiger partial charge in [-0.2, -0.15) is 0 Å². The first-order valence-electron chi connectivity index (χ1n) is 20.8. The van der Waals surface area contributed by atoms with Crippen LogP contribution in [-0.4, -0.2) is 131 Å². The molecule has 15 nitrogen and oxygen atoms in total. The Morgan fingerprint density at radius 3 is 2.23 bits per heavy atom. The number of aromatic nitrogens is 2. The number of hydrogen-bond acceptors (Lipinski definition) is 11. The van der Waals surface area contributed by atoms with Crippen molar-refractivity contribution in [2.24, 2.45) is 5.41 Å². The van der Waals surface area contributed by atoms with Gasteiger partial charge in [-0.3, -0.25) is 39.1 Å². The van der Waals surface area contributed by atoms with E-state index in [0.717, 1.165) is 68.4 Å². The molecular weight excluding hydrogens is 791 g/mol. The van der Waals surface area contributed by atoms with Gasteiger partial charge in [-0.15, -0.1) is 0 Å². The summed E-state index contributed by atoms with van der Waals surface area (Å²) in [6.45, 7) is 15.8. The van der Waals surface area contributed by atoms with E-state index in [-0.39, 0.29) is 47.0 Å². The van der Waals surface area contributed by atoms with E-state index in [9.17, 15) is 24.0 Å². The number of fused-ring (bicyclic) bond motifs is 1. The van der Waals surface area contributed by atoms with Crippen molar-refractivity contribution < 1.29 is 28.4 Å². The van der Waals surface area contributed by atoms with Crippen LogP contribution in [0.2, 0.25) is 5.02 Å². The minimum atomic E-state index is -1.11. The summed E-state index contributed by atoms with van der Waals surface area (Å²) in [5.74, 6) is -2.62. The zero-order valence-corrected chi connectivity index (χ0v) is 34.2. The van der Waals surface area contributed by atoms with E-state index in [0.29, 0.717) is 67.5 Å². The summed E-state index contributed by atoms with van der Waals surface area (Å²) in [7, 11) is 0. The third kappa shape index (κ3) is 7.21. The Labute approximate surface area is 352 Å². The van der Waals surface area contributed by atoms with Gasteiger partial charge in [0.15, 0.2) is 0 Å². The van der Waals surface area contributed by atoms with Gasteiger partial charge in [0.1, 0.15) is 11.9 Å². The molecule has 1 aromatic heterocycles. The summed E-state index contributed by atoms with van der Waals surface area (Å²) in [6.07, 6.45) is 7.95. The Balaban J connectivity index is 0.745. The number of piperidine rings is 3. The Morgan fingerprint density at radius 2 is 1.58 bits per heavy atom. The highest BCUT2D eigenvalue weighted by molar-refractivity contribution is 6.33. The molecule has 0 aliphatic carbocycles. The zero-order chi connectivity index (χ0) is 41.9. The summed E-state index contributed by atoms with van der Waals surface area (Å²) in [4.78, 5) is 88.4. The van der Waals surface area contributed by atoms with E-state index in [2.05, 4.69) is 41.8 Å². The molecule has 0 radical (unpaired) electrons. The third-order valence-electron chi connectivity index (χ3n) is 13.6.